The SMILES string of the molecule is C=Cc1cc(NC=O)ncc1/C=C\C. The van der Waals surface area contributed by atoms with E-state index in [9.17, 15) is 4.79 Å². The quantitative estimate of drug-likeness (QED) is 0.737. The van der Waals surface area contributed by atoms with Gasteiger partial charge in [0.15, 0.2) is 0 Å². The van der Waals surface area contributed by atoms with Crippen molar-refractivity contribution in [2.75, 3.05) is 5.32 Å². The Morgan fingerprint density at radius 1 is 1.50 bits per heavy atom. The summed E-state index contributed by atoms with van der Waals surface area (Å²) in [5.74, 6) is 0.531. The van der Waals surface area contributed by atoms with Gasteiger partial charge in [0, 0.05) is 6.20 Å². The minimum absolute atomic E-state index is 0.531. The molecule has 0 bridgehead atoms. The number of nitrogens with zero attached hydrogens (tertiary/aromatic N) is 1. The van der Waals surface area contributed by atoms with E-state index in [0.29, 0.717) is 12.2 Å². The molecule has 72 valence electrons. The average Bonchev–Trinajstić information content (AvgIpc) is 2.21. The zero-order valence-electron chi connectivity index (χ0n) is 8.03. The summed E-state index contributed by atoms with van der Waals surface area (Å²) in [6.45, 7) is 5.63. The fourth-order valence-electron chi connectivity index (χ4n) is 1.12. The summed E-state index contributed by atoms with van der Waals surface area (Å²) in [6, 6.07) is 1.77. The third kappa shape index (κ3) is 2.29. The monoisotopic (exact) mass is 188 g/mol. The van der Waals surface area contributed by atoms with Gasteiger partial charge in [-0.25, -0.2) is 4.98 Å². The van der Waals surface area contributed by atoms with Crippen LogP contribution in [0.4, 0.5) is 5.82 Å². The van der Waals surface area contributed by atoms with Crippen LogP contribution in [0.2, 0.25) is 0 Å². The van der Waals surface area contributed by atoms with Crippen LogP contribution in [-0.2, 0) is 4.79 Å². The van der Waals surface area contributed by atoms with E-state index in [0.717, 1.165) is 11.1 Å². The lowest BCUT2D eigenvalue weighted by Gasteiger charge is -2.03. The van der Waals surface area contributed by atoms with E-state index in [2.05, 4.69) is 16.9 Å². The molecule has 1 N–H and O–H groups in total. The van der Waals surface area contributed by atoms with Crippen LogP contribution in [-0.4, -0.2) is 11.4 Å². The smallest absolute Gasteiger partial charge is 0.212 e. The lowest BCUT2D eigenvalue weighted by atomic mass is 10.1. The number of anilines is 1. The molecule has 1 heterocycles. The number of aromatic nitrogens is 1. The van der Waals surface area contributed by atoms with Gasteiger partial charge in [0.2, 0.25) is 6.41 Å². The van der Waals surface area contributed by atoms with Gasteiger partial charge in [-0.3, -0.25) is 4.79 Å². The Morgan fingerprint density at radius 3 is 2.86 bits per heavy atom. The molecular formula is C11H12N2O. The van der Waals surface area contributed by atoms with Crippen LogP contribution in [0.3, 0.4) is 0 Å². The number of rotatable bonds is 4. The number of hydrogen-bond acceptors (Lipinski definition) is 2. The molecule has 1 rings (SSSR count). The molecule has 0 aliphatic heterocycles. The Hall–Kier alpha value is -1.90. The van der Waals surface area contributed by atoms with Crippen molar-refractivity contribution in [1.29, 1.82) is 0 Å². The number of allylic oxidation sites excluding steroid dienone is 1. The van der Waals surface area contributed by atoms with Crippen molar-refractivity contribution in [3.05, 3.63) is 36.0 Å². The number of carbonyl (C=O) groups is 1. The maximum absolute atomic E-state index is 10.2. The summed E-state index contributed by atoms with van der Waals surface area (Å²) in [5.41, 5.74) is 1.93. The molecule has 0 aliphatic rings. The molecule has 3 nitrogen and oxygen atoms in total. The zero-order chi connectivity index (χ0) is 10.4. The van der Waals surface area contributed by atoms with Crippen molar-refractivity contribution >= 4 is 24.4 Å². The second kappa shape index (κ2) is 4.97. The van der Waals surface area contributed by atoms with Crippen LogP contribution in [0.1, 0.15) is 18.1 Å². The number of amides is 1. The van der Waals surface area contributed by atoms with Gasteiger partial charge in [-0.1, -0.05) is 24.8 Å². The van der Waals surface area contributed by atoms with Gasteiger partial charge < -0.3 is 5.32 Å². The average molecular weight is 188 g/mol. The standard InChI is InChI=1S/C11H12N2O/c1-3-5-10-7-12-11(13-8-14)6-9(10)4-2/h3-8H,2H2,1H3,(H,12,13,14)/b5-3-. The molecule has 0 saturated heterocycles. The minimum atomic E-state index is 0.531. The maximum atomic E-state index is 10.2. The van der Waals surface area contributed by atoms with Gasteiger partial charge in [0.25, 0.3) is 0 Å². The van der Waals surface area contributed by atoms with Gasteiger partial charge in [-0.15, -0.1) is 0 Å². The van der Waals surface area contributed by atoms with E-state index in [4.69, 9.17) is 0 Å². The third-order valence-corrected chi connectivity index (χ3v) is 1.74. The minimum Gasteiger partial charge on any atom is -0.313 e. The fourth-order valence-corrected chi connectivity index (χ4v) is 1.12. The first-order valence-electron chi connectivity index (χ1n) is 4.27. The summed E-state index contributed by atoms with van der Waals surface area (Å²) < 4.78 is 0. The Balaban J connectivity index is 3.10. The molecule has 0 aromatic carbocycles. The molecule has 0 fully saturated rings. The van der Waals surface area contributed by atoms with Crippen LogP contribution < -0.4 is 5.32 Å². The second-order valence-electron chi connectivity index (χ2n) is 2.66. The number of hydrogen-bond donors (Lipinski definition) is 1. The Kier molecular flexibility index (Phi) is 3.61. The summed E-state index contributed by atoms with van der Waals surface area (Å²) in [4.78, 5) is 14.2. The van der Waals surface area contributed by atoms with Crippen LogP contribution >= 0.6 is 0 Å². The van der Waals surface area contributed by atoms with Crippen LogP contribution in [0.25, 0.3) is 12.2 Å². The highest BCUT2D eigenvalue weighted by molar-refractivity contribution is 5.72. The summed E-state index contributed by atoms with van der Waals surface area (Å²) >= 11 is 0. The van der Waals surface area contributed by atoms with Crippen molar-refractivity contribution in [2.24, 2.45) is 0 Å². The largest absolute Gasteiger partial charge is 0.313 e. The Bertz CT molecular complexity index is 370. The molecule has 0 spiro atoms. The van der Waals surface area contributed by atoms with Crippen molar-refractivity contribution in [2.45, 2.75) is 6.92 Å². The van der Waals surface area contributed by atoms with E-state index < -0.39 is 0 Å². The van der Waals surface area contributed by atoms with Gasteiger partial charge in [0.05, 0.1) is 0 Å². The first-order valence-corrected chi connectivity index (χ1v) is 4.27. The van der Waals surface area contributed by atoms with E-state index >= 15 is 0 Å². The highest BCUT2D eigenvalue weighted by atomic mass is 16.1. The third-order valence-electron chi connectivity index (χ3n) is 1.74. The Morgan fingerprint density at radius 2 is 2.29 bits per heavy atom. The predicted octanol–water partition coefficient (Wildman–Crippen LogP) is 2.33. The highest BCUT2D eigenvalue weighted by Gasteiger charge is 1.98. The number of carbonyl (C=O) groups excluding carboxylic acids is 1. The van der Waals surface area contributed by atoms with E-state index in [1.54, 1.807) is 18.3 Å². The van der Waals surface area contributed by atoms with Gasteiger partial charge in [0.1, 0.15) is 5.82 Å². The number of pyridine rings is 1. The summed E-state index contributed by atoms with van der Waals surface area (Å²) in [7, 11) is 0. The maximum Gasteiger partial charge on any atom is 0.212 e. The zero-order valence-corrected chi connectivity index (χ0v) is 8.03. The van der Waals surface area contributed by atoms with Crippen LogP contribution in [0.5, 0.6) is 0 Å². The van der Waals surface area contributed by atoms with Crippen molar-refractivity contribution < 1.29 is 4.79 Å². The first kappa shape index (κ1) is 10.2. The molecular weight excluding hydrogens is 176 g/mol. The molecule has 1 aromatic heterocycles. The number of nitrogens with one attached hydrogen (secondary N) is 1. The van der Waals surface area contributed by atoms with Crippen LogP contribution in [0, 0.1) is 0 Å². The first-order chi connectivity index (χ1) is 6.81. The molecule has 0 radical (unpaired) electrons. The molecule has 0 saturated carbocycles. The predicted molar refractivity (Wildman–Crippen MR) is 58.7 cm³/mol. The fraction of sp³-hybridized carbons (Fsp3) is 0.0909. The van der Waals surface area contributed by atoms with Crippen LogP contribution in [0.15, 0.2) is 24.9 Å². The normalized spacial score (nSPS) is 10.1. The van der Waals surface area contributed by atoms with E-state index in [-0.39, 0.29) is 0 Å². The van der Waals surface area contributed by atoms with Crippen molar-refractivity contribution in [3.63, 3.8) is 0 Å². The summed E-state index contributed by atoms with van der Waals surface area (Å²) in [6.07, 6.45) is 7.89. The lowest BCUT2D eigenvalue weighted by Crippen LogP contribution is -1.97. The second-order valence-corrected chi connectivity index (χ2v) is 2.66. The van der Waals surface area contributed by atoms with Gasteiger partial charge >= 0.3 is 0 Å². The summed E-state index contributed by atoms with van der Waals surface area (Å²) in [5, 5.41) is 2.49. The molecule has 3 heteroatoms. The Labute approximate surface area is 83.2 Å². The molecule has 0 aliphatic carbocycles. The van der Waals surface area contributed by atoms with Crippen molar-refractivity contribution in [1.82, 2.24) is 4.98 Å². The molecule has 0 unspecified atom stereocenters. The van der Waals surface area contributed by atoms with E-state index in [1.165, 1.54) is 0 Å². The molecule has 1 amide bonds. The van der Waals surface area contributed by atoms with E-state index in [1.807, 2.05) is 19.1 Å². The molecule has 0 atom stereocenters. The lowest BCUT2D eigenvalue weighted by molar-refractivity contribution is -0.105. The molecule has 14 heavy (non-hydrogen) atoms. The molecule has 1 aromatic rings. The van der Waals surface area contributed by atoms with Crippen molar-refractivity contribution in [3.8, 4) is 0 Å². The van der Waals surface area contributed by atoms with Gasteiger partial charge in [-0.2, -0.15) is 0 Å². The van der Waals surface area contributed by atoms with Gasteiger partial charge in [-0.05, 0) is 24.1 Å². The topological polar surface area (TPSA) is 42.0 Å². The highest BCUT2D eigenvalue weighted by Crippen LogP contribution is 2.15.